The highest BCUT2D eigenvalue weighted by Gasteiger charge is 2.23. The van der Waals surface area contributed by atoms with Gasteiger partial charge in [0.25, 0.3) is 0 Å². The number of piperazine rings is 1. The first kappa shape index (κ1) is 21.5. The molecule has 2 N–H and O–H groups in total. The quantitative estimate of drug-likeness (QED) is 0.631. The number of benzene rings is 1. The van der Waals surface area contributed by atoms with Gasteiger partial charge in [0, 0.05) is 44.1 Å². The van der Waals surface area contributed by atoms with Crippen LogP contribution in [0.1, 0.15) is 23.9 Å². The SMILES string of the molecule is CCc1ccccc1NC(=O)N1CCN(c2cc(Nc3cc(C)ccn3)nc(C)n2)CC1. The zero-order valence-electron chi connectivity index (χ0n) is 18.8. The van der Waals surface area contributed by atoms with Crippen molar-refractivity contribution in [1.29, 1.82) is 0 Å². The minimum atomic E-state index is -0.0581. The number of nitrogens with zero attached hydrogens (tertiary/aromatic N) is 5. The van der Waals surface area contributed by atoms with E-state index in [1.807, 2.05) is 61.2 Å². The molecule has 3 heterocycles. The molecule has 0 spiro atoms. The molecule has 2 amide bonds. The van der Waals surface area contributed by atoms with Crippen molar-refractivity contribution in [3.63, 3.8) is 0 Å². The number of hydrogen-bond donors (Lipinski definition) is 2. The summed E-state index contributed by atoms with van der Waals surface area (Å²) in [5.41, 5.74) is 3.15. The van der Waals surface area contributed by atoms with Crippen LogP contribution in [0.4, 0.5) is 27.9 Å². The fraction of sp³-hybridized carbons (Fsp3) is 0.333. The van der Waals surface area contributed by atoms with Gasteiger partial charge in [-0.15, -0.1) is 0 Å². The van der Waals surface area contributed by atoms with E-state index in [1.165, 1.54) is 0 Å². The van der Waals surface area contributed by atoms with Crippen molar-refractivity contribution in [3.05, 3.63) is 65.6 Å². The Labute approximate surface area is 188 Å². The zero-order chi connectivity index (χ0) is 22.5. The van der Waals surface area contributed by atoms with Crippen LogP contribution in [0, 0.1) is 13.8 Å². The molecule has 3 aromatic rings. The number of urea groups is 1. The average molecular weight is 432 g/mol. The standard InChI is InChI=1S/C24H29N7O/c1-4-19-7-5-6-8-20(19)28-24(32)31-13-11-30(12-14-31)23-16-22(26-18(3)27-23)29-21-15-17(2)9-10-25-21/h5-10,15-16H,4,11-14H2,1-3H3,(H,28,32)(H,25,26,27,29). The second-order valence-electron chi connectivity index (χ2n) is 7.92. The molecule has 0 unspecified atom stereocenters. The van der Waals surface area contributed by atoms with E-state index >= 15 is 0 Å². The molecule has 0 atom stereocenters. The predicted molar refractivity (Wildman–Crippen MR) is 128 cm³/mol. The molecule has 2 aromatic heterocycles. The summed E-state index contributed by atoms with van der Waals surface area (Å²) in [5, 5.41) is 6.33. The summed E-state index contributed by atoms with van der Waals surface area (Å²) in [4.78, 5) is 30.3. The van der Waals surface area contributed by atoms with Crippen LogP contribution in [0.25, 0.3) is 0 Å². The Hall–Kier alpha value is -3.68. The summed E-state index contributed by atoms with van der Waals surface area (Å²) in [6, 6.07) is 13.7. The first-order chi connectivity index (χ1) is 15.5. The number of carbonyl (C=O) groups is 1. The van der Waals surface area contributed by atoms with E-state index in [0.717, 1.165) is 34.9 Å². The van der Waals surface area contributed by atoms with Crippen LogP contribution >= 0.6 is 0 Å². The van der Waals surface area contributed by atoms with Crippen molar-refractivity contribution in [1.82, 2.24) is 19.9 Å². The Balaban J connectivity index is 1.39. The number of amides is 2. The predicted octanol–water partition coefficient (Wildman–Crippen LogP) is 4.15. The van der Waals surface area contributed by atoms with Gasteiger partial charge >= 0.3 is 6.03 Å². The molecule has 1 fully saturated rings. The molecule has 0 aliphatic carbocycles. The Morgan fingerprint density at radius 1 is 1.00 bits per heavy atom. The number of aryl methyl sites for hydroxylation is 3. The Morgan fingerprint density at radius 3 is 2.53 bits per heavy atom. The first-order valence-electron chi connectivity index (χ1n) is 11.0. The van der Waals surface area contributed by atoms with Crippen molar-refractivity contribution >= 4 is 29.2 Å². The van der Waals surface area contributed by atoms with Crippen LogP contribution in [0.2, 0.25) is 0 Å². The molecule has 0 bridgehead atoms. The third kappa shape index (κ3) is 5.14. The van der Waals surface area contributed by atoms with Crippen LogP contribution < -0.4 is 15.5 Å². The topological polar surface area (TPSA) is 86.3 Å². The van der Waals surface area contributed by atoms with Gasteiger partial charge in [-0.05, 0) is 49.6 Å². The van der Waals surface area contributed by atoms with Crippen molar-refractivity contribution in [2.24, 2.45) is 0 Å². The maximum Gasteiger partial charge on any atom is 0.321 e. The number of aromatic nitrogens is 3. The summed E-state index contributed by atoms with van der Waals surface area (Å²) in [6.45, 7) is 8.68. The highest BCUT2D eigenvalue weighted by Crippen LogP contribution is 2.21. The molecule has 0 saturated carbocycles. The van der Waals surface area contributed by atoms with Gasteiger partial charge in [-0.25, -0.2) is 19.7 Å². The fourth-order valence-corrected chi connectivity index (χ4v) is 3.80. The summed E-state index contributed by atoms with van der Waals surface area (Å²) in [5.74, 6) is 3.00. The second kappa shape index (κ2) is 9.64. The molecular formula is C24H29N7O. The lowest BCUT2D eigenvalue weighted by atomic mass is 10.1. The minimum absolute atomic E-state index is 0.0581. The molecule has 1 aromatic carbocycles. The van der Waals surface area contributed by atoms with Crippen LogP contribution in [-0.4, -0.2) is 52.1 Å². The fourth-order valence-electron chi connectivity index (χ4n) is 3.80. The highest BCUT2D eigenvalue weighted by molar-refractivity contribution is 5.90. The Bertz CT molecular complexity index is 1090. The summed E-state index contributed by atoms with van der Waals surface area (Å²) < 4.78 is 0. The van der Waals surface area contributed by atoms with E-state index in [0.29, 0.717) is 37.8 Å². The number of para-hydroxylation sites is 1. The highest BCUT2D eigenvalue weighted by atomic mass is 16.2. The van der Waals surface area contributed by atoms with Gasteiger partial charge in [0.1, 0.15) is 23.3 Å². The van der Waals surface area contributed by atoms with Crippen LogP contribution in [0.15, 0.2) is 48.7 Å². The normalized spacial score (nSPS) is 13.7. The van der Waals surface area contributed by atoms with E-state index < -0.39 is 0 Å². The monoisotopic (exact) mass is 431 g/mol. The molecule has 1 aliphatic rings. The van der Waals surface area contributed by atoms with Gasteiger partial charge in [0.05, 0.1) is 0 Å². The lowest BCUT2D eigenvalue weighted by molar-refractivity contribution is 0.208. The third-order valence-corrected chi connectivity index (χ3v) is 5.53. The number of hydrogen-bond acceptors (Lipinski definition) is 6. The average Bonchev–Trinajstić information content (AvgIpc) is 2.79. The molecule has 1 aliphatic heterocycles. The van der Waals surface area contributed by atoms with Gasteiger partial charge in [0.2, 0.25) is 0 Å². The number of rotatable bonds is 5. The van der Waals surface area contributed by atoms with Gasteiger partial charge in [-0.3, -0.25) is 0 Å². The lowest BCUT2D eigenvalue weighted by Crippen LogP contribution is -2.50. The van der Waals surface area contributed by atoms with E-state index in [9.17, 15) is 4.79 Å². The van der Waals surface area contributed by atoms with E-state index in [2.05, 4.69) is 37.4 Å². The molecule has 8 nitrogen and oxygen atoms in total. The summed E-state index contributed by atoms with van der Waals surface area (Å²) in [6.07, 6.45) is 2.65. The molecular weight excluding hydrogens is 402 g/mol. The van der Waals surface area contributed by atoms with Crippen molar-refractivity contribution in [3.8, 4) is 0 Å². The van der Waals surface area contributed by atoms with Gasteiger partial charge < -0.3 is 20.4 Å². The molecule has 32 heavy (non-hydrogen) atoms. The zero-order valence-corrected chi connectivity index (χ0v) is 18.8. The van der Waals surface area contributed by atoms with Crippen LogP contribution in [0.5, 0.6) is 0 Å². The number of pyridine rings is 1. The third-order valence-electron chi connectivity index (χ3n) is 5.53. The number of anilines is 4. The van der Waals surface area contributed by atoms with Crippen LogP contribution in [-0.2, 0) is 6.42 Å². The van der Waals surface area contributed by atoms with E-state index in [-0.39, 0.29) is 6.03 Å². The molecule has 166 valence electrons. The molecule has 0 radical (unpaired) electrons. The van der Waals surface area contributed by atoms with E-state index in [4.69, 9.17) is 0 Å². The smallest absolute Gasteiger partial charge is 0.321 e. The molecule has 4 rings (SSSR count). The second-order valence-corrected chi connectivity index (χ2v) is 7.92. The largest absolute Gasteiger partial charge is 0.353 e. The van der Waals surface area contributed by atoms with Crippen molar-refractivity contribution in [2.45, 2.75) is 27.2 Å². The van der Waals surface area contributed by atoms with Crippen LogP contribution in [0.3, 0.4) is 0 Å². The van der Waals surface area contributed by atoms with E-state index in [1.54, 1.807) is 6.20 Å². The summed E-state index contributed by atoms with van der Waals surface area (Å²) >= 11 is 0. The number of nitrogens with one attached hydrogen (secondary N) is 2. The van der Waals surface area contributed by atoms with Gasteiger partial charge in [-0.1, -0.05) is 25.1 Å². The Kier molecular flexibility index (Phi) is 6.49. The van der Waals surface area contributed by atoms with Gasteiger partial charge in [-0.2, -0.15) is 0 Å². The maximum absolute atomic E-state index is 12.8. The first-order valence-corrected chi connectivity index (χ1v) is 11.0. The maximum atomic E-state index is 12.8. The minimum Gasteiger partial charge on any atom is -0.353 e. The lowest BCUT2D eigenvalue weighted by Gasteiger charge is -2.35. The summed E-state index contributed by atoms with van der Waals surface area (Å²) in [7, 11) is 0. The molecule has 1 saturated heterocycles. The van der Waals surface area contributed by atoms with Gasteiger partial charge in [0.15, 0.2) is 0 Å². The number of carbonyl (C=O) groups excluding carboxylic acids is 1. The molecule has 8 heteroatoms. The Morgan fingerprint density at radius 2 is 1.78 bits per heavy atom. The van der Waals surface area contributed by atoms with Crippen molar-refractivity contribution in [2.75, 3.05) is 41.7 Å². The van der Waals surface area contributed by atoms with Crippen molar-refractivity contribution < 1.29 is 4.79 Å².